The number of anilines is 1. The molecule has 2 heteroatoms. The molecule has 0 N–H and O–H groups in total. The van der Waals surface area contributed by atoms with Crippen LogP contribution in [0.5, 0.6) is 0 Å². The maximum Gasteiger partial charge on any atom is 0.208 e. The van der Waals surface area contributed by atoms with Gasteiger partial charge in [0.15, 0.2) is 12.3 Å². The second-order valence-corrected chi connectivity index (χ2v) is 8.73. The van der Waals surface area contributed by atoms with Crippen molar-refractivity contribution in [3.63, 3.8) is 0 Å². The lowest BCUT2D eigenvalue weighted by Gasteiger charge is -2.34. The summed E-state index contributed by atoms with van der Waals surface area (Å²) in [5.41, 5.74) is 8.36. The zero-order valence-electron chi connectivity index (χ0n) is 18.2. The van der Waals surface area contributed by atoms with Crippen LogP contribution in [0.2, 0.25) is 0 Å². The van der Waals surface area contributed by atoms with E-state index in [1.165, 1.54) is 59.3 Å². The molecule has 0 saturated heterocycles. The van der Waals surface area contributed by atoms with Crippen molar-refractivity contribution in [1.29, 1.82) is 0 Å². The van der Waals surface area contributed by atoms with E-state index < -0.39 is 0 Å². The molecular weight excluding hydrogens is 352 g/mol. The monoisotopic (exact) mass is 385 g/mol. The van der Waals surface area contributed by atoms with Crippen LogP contribution in [0.3, 0.4) is 0 Å². The van der Waals surface area contributed by atoms with Crippen molar-refractivity contribution in [2.45, 2.75) is 65.5 Å². The highest BCUT2D eigenvalue weighted by molar-refractivity contribution is 5.69. The molecule has 150 valence electrons. The Morgan fingerprint density at radius 2 is 1.59 bits per heavy atom. The molecule has 0 radical (unpaired) electrons. The van der Waals surface area contributed by atoms with Crippen molar-refractivity contribution in [2.24, 2.45) is 0 Å². The van der Waals surface area contributed by atoms with Gasteiger partial charge in [-0.15, -0.1) is 0 Å². The SMILES string of the molecule is Cc1ccc2c(c1)CC[C@H](C)N2/C=C/C=C/C=[N+]1c2ccc(C)cc2CC[C@@H]1C. The average Bonchev–Trinajstić information content (AvgIpc) is 2.70. The number of rotatable bonds is 3. The van der Waals surface area contributed by atoms with E-state index in [1.54, 1.807) is 0 Å². The highest BCUT2D eigenvalue weighted by Gasteiger charge is 2.26. The maximum atomic E-state index is 2.42. The molecule has 4 rings (SSSR count). The largest absolute Gasteiger partial charge is 0.345 e. The number of nitrogens with zero attached hydrogens (tertiary/aromatic N) is 2. The Balaban J connectivity index is 1.52. The molecule has 2 aliphatic heterocycles. The molecule has 0 amide bonds. The number of benzene rings is 2. The van der Waals surface area contributed by atoms with E-state index >= 15 is 0 Å². The van der Waals surface area contributed by atoms with Gasteiger partial charge in [0.2, 0.25) is 5.69 Å². The Morgan fingerprint density at radius 3 is 2.41 bits per heavy atom. The molecule has 0 saturated carbocycles. The predicted molar refractivity (Wildman–Crippen MR) is 125 cm³/mol. The molecule has 2 aliphatic rings. The van der Waals surface area contributed by atoms with Gasteiger partial charge >= 0.3 is 0 Å². The summed E-state index contributed by atoms with van der Waals surface area (Å²) >= 11 is 0. The summed E-state index contributed by atoms with van der Waals surface area (Å²) in [6.45, 7) is 8.99. The van der Waals surface area contributed by atoms with Crippen molar-refractivity contribution in [2.75, 3.05) is 4.90 Å². The third kappa shape index (κ3) is 4.22. The van der Waals surface area contributed by atoms with Crippen LogP contribution in [-0.4, -0.2) is 22.9 Å². The Hall–Kier alpha value is -2.61. The summed E-state index contributed by atoms with van der Waals surface area (Å²) in [5, 5.41) is 0. The number of hydrogen-bond donors (Lipinski definition) is 0. The fourth-order valence-corrected chi connectivity index (χ4v) is 4.62. The first-order valence-corrected chi connectivity index (χ1v) is 11.0. The first-order chi connectivity index (χ1) is 14.0. The fourth-order valence-electron chi connectivity index (χ4n) is 4.62. The van der Waals surface area contributed by atoms with Crippen LogP contribution >= 0.6 is 0 Å². The summed E-state index contributed by atoms with van der Waals surface area (Å²) in [4.78, 5) is 2.42. The predicted octanol–water partition coefficient (Wildman–Crippen LogP) is 6.26. The summed E-state index contributed by atoms with van der Waals surface area (Å²) < 4.78 is 2.42. The van der Waals surface area contributed by atoms with Gasteiger partial charge in [0.1, 0.15) is 0 Å². The van der Waals surface area contributed by atoms with Gasteiger partial charge in [-0.1, -0.05) is 35.4 Å². The summed E-state index contributed by atoms with van der Waals surface area (Å²) in [7, 11) is 0. The van der Waals surface area contributed by atoms with E-state index in [4.69, 9.17) is 0 Å². The van der Waals surface area contributed by atoms with Gasteiger partial charge in [0.05, 0.1) is 0 Å². The number of hydrogen-bond acceptors (Lipinski definition) is 1. The van der Waals surface area contributed by atoms with Gasteiger partial charge in [0.25, 0.3) is 0 Å². The molecule has 2 atom stereocenters. The van der Waals surface area contributed by atoms with E-state index in [1.807, 2.05) is 0 Å². The molecule has 2 nitrogen and oxygen atoms in total. The normalized spacial score (nSPS) is 23.0. The minimum atomic E-state index is 0.538. The molecule has 0 aromatic heterocycles. The molecule has 0 bridgehead atoms. The number of allylic oxidation sites excluding steroid dienone is 3. The molecule has 2 heterocycles. The van der Waals surface area contributed by atoms with E-state index in [0.717, 1.165) is 0 Å². The Bertz CT molecular complexity index is 980. The van der Waals surface area contributed by atoms with Crippen LogP contribution in [0, 0.1) is 13.8 Å². The average molecular weight is 386 g/mol. The van der Waals surface area contributed by atoms with Crippen LogP contribution in [0.4, 0.5) is 11.4 Å². The van der Waals surface area contributed by atoms with Gasteiger partial charge < -0.3 is 4.90 Å². The second-order valence-electron chi connectivity index (χ2n) is 8.73. The Morgan fingerprint density at radius 1 is 0.862 bits per heavy atom. The quantitative estimate of drug-likeness (QED) is 0.446. The molecule has 29 heavy (non-hydrogen) atoms. The highest BCUT2D eigenvalue weighted by Crippen LogP contribution is 2.32. The van der Waals surface area contributed by atoms with E-state index in [9.17, 15) is 0 Å². The molecular formula is C27H33N2+. The first-order valence-electron chi connectivity index (χ1n) is 11.0. The van der Waals surface area contributed by atoms with E-state index in [0.29, 0.717) is 12.1 Å². The van der Waals surface area contributed by atoms with Gasteiger partial charge in [-0.25, -0.2) is 0 Å². The van der Waals surface area contributed by atoms with Gasteiger partial charge in [0, 0.05) is 42.1 Å². The Labute approximate surface area is 175 Å². The van der Waals surface area contributed by atoms with E-state index in [-0.39, 0.29) is 0 Å². The van der Waals surface area contributed by atoms with Crippen molar-refractivity contribution < 1.29 is 4.58 Å². The third-order valence-corrected chi connectivity index (χ3v) is 6.35. The van der Waals surface area contributed by atoms with Gasteiger partial charge in [-0.2, -0.15) is 4.58 Å². The maximum absolute atomic E-state index is 2.42. The zero-order valence-corrected chi connectivity index (χ0v) is 18.2. The molecule has 0 spiro atoms. The molecule has 0 aliphatic carbocycles. The summed E-state index contributed by atoms with van der Waals surface area (Å²) in [5.74, 6) is 0. The topological polar surface area (TPSA) is 6.25 Å². The minimum absolute atomic E-state index is 0.538. The smallest absolute Gasteiger partial charge is 0.208 e. The number of aryl methyl sites for hydroxylation is 4. The molecule has 2 aromatic rings. The Kier molecular flexibility index (Phi) is 5.71. The van der Waals surface area contributed by atoms with Crippen LogP contribution in [0.15, 0.2) is 60.8 Å². The van der Waals surface area contributed by atoms with Gasteiger partial charge in [-0.05, 0) is 70.7 Å². The van der Waals surface area contributed by atoms with Crippen LogP contribution in [0.1, 0.15) is 48.9 Å². The lowest BCUT2D eigenvalue weighted by Crippen LogP contribution is -2.32. The molecule has 2 aromatic carbocycles. The van der Waals surface area contributed by atoms with Crippen LogP contribution in [-0.2, 0) is 12.8 Å². The zero-order chi connectivity index (χ0) is 20.4. The minimum Gasteiger partial charge on any atom is -0.345 e. The standard InChI is InChI=1S/C27H33N2/c1-20-8-14-26-24(18-20)12-10-22(3)28(26)16-6-5-7-17-29-23(4)11-13-25-19-21(2)9-15-27(25)29/h5-9,14-19,22-23H,10-13H2,1-4H3/q+1/t22-,23-/m0/s1. The fraction of sp³-hybridized carbons (Fsp3) is 0.370. The number of fused-ring (bicyclic) bond motifs is 2. The second kappa shape index (κ2) is 8.41. The lowest BCUT2D eigenvalue weighted by atomic mass is 9.95. The summed E-state index contributed by atoms with van der Waals surface area (Å²) in [6, 6.07) is 14.7. The van der Waals surface area contributed by atoms with Crippen LogP contribution < -0.4 is 4.90 Å². The molecule has 0 unspecified atom stereocenters. The first kappa shape index (κ1) is 19.7. The lowest BCUT2D eigenvalue weighted by molar-refractivity contribution is -0.481. The van der Waals surface area contributed by atoms with Gasteiger partial charge in [-0.3, -0.25) is 0 Å². The van der Waals surface area contributed by atoms with Crippen molar-refractivity contribution in [3.05, 3.63) is 83.1 Å². The van der Waals surface area contributed by atoms with Crippen molar-refractivity contribution >= 4 is 17.6 Å². The summed E-state index contributed by atoms with van der Waals surface area (Å²) in [6.07, 6.45) is 15.7. The van der Waals surface area contributed by atoms with Crippen molar-refractivity contribution in [1.82, 2.24) is 0 Å². The third-order valence-electron chi connectivity index (χ3n) is 6.35. The van der Waals surface area contributed by atoms with E-state index in [2.05, 4.69) is 104 Å². The van der Waals surface area contributed by atoms with Crippen LogP contribution in [0.25, 0.3) is 0 Å². The molecule has 0 fully saturated rings. The highest BCUT2D eigenvalue weighted by atomic mass is 15.1. The van der Waals surface area contributed by atoms with Crippen molar-refractivity contribution in [3.8, 4) is 0 Å².